The van der Waals surface area contributed by atoms with Gasteiger partial charge in [0.05, 0.1) is 13.2 Å². The minimum Gasteiger partial charge on any atom is -0.490 e. The third-order valence-corrected chi connectivity index (χ3v) is 3.78. The lowest BCUT2D eigenvalue weighted by Gasteiger charge is -2.09. The quantitative estimate of drug-likeness (QED) is 0.902. The lowest BCUT2D eigenvalue weighted by Crippen LogP contribution is -2.11. The van der Waals surface area contributed by atoms with E-state index in [0.29, 0.717) is 40.5 Å². The Morgan fingerprint density at radius 3 is 2.81 bits per heavy atom. The molecule has 8 heteroatoms. The first-order valence-corrected chi connectivity index (χ1v) is 7.30. The molecule has 0 aliphatic carbocycles. The Morgan fingerprint density at radius 2 is 2.05 bits per heavy atom. The first-order valence-electron chi connectivity index (χ1n) is 6.48. The first kappa shape index (κ1) is 13.6. The van der Waals surface area contributed by atoms with Crippen LogP contribution in [0, 0.1) is 0 Å². The number of anilines is 2. The van der Waals surface area contributed by atoms with Gasteiger partial charge in [-0.25, -0.2) is 0 Å². The van der Waals surface area contributed by atoms with Crippen molar-refractivity contribution in [1.82, 2.24) is 10.2 Å². The van der Waals surface area contributed by atoms with E-state index in [9.17, 15) is 4.79 Å². The largest absolute Gasteiger partial charge is 0.490 e. The molecule has 0 saturated carbocycles. The van der Waals surface area contributed by atoms with Crippen molar-refractivity contribution < 1.29 is 14.3 Å². The van der Waals surface area contributed by atoms with Gasteiger partial charge in [0.15, 0.2) is 11.5 Å². The highest BCUT2D eigenvalue weighted by atomic mass is 32.1. The standard InChI is InChI=1S/C13H14N4O3S/c1-14-13-17-16-12(21-13)11(18)15-8-3-4-9-10(7-8)20-6-2-5-19-9/h3-4,7H,2,5-6H2,1H3,(H,14,17)(H,15,18). The third-order valence-electron chi connectivity index (χ3n) is 2.84. The summed E-state index contributed by atoms with van der Waals surface area (Å²) in [4.78, 5) is 12.1. The Balaban J connectivity index is 1.75. The molecule has 0 spiro atoms. The number of rotatable bonds is 3. The van der Waals surface area contributed by atoms with Gasteiger partial charge in [0.1, 0.15) is 0 Å². The van der Waals surface area contributed by atoms with Crippen LogP contribution >= 0.6 is 11.3 Å². The molecule has 1 aliphatic heterocycles. The lowest BCUT2D eigenvalue weighted by atomic mass is 10.2. The minimum absolute atomic E-state index is 0.298. The van der Waals surface area contributed by atoms with Gasteiger partial charge >= 0.3 is 0 Å². The Bertz CT molecular complexity index is 659. The second-order valence-electron chi connectivity index (χ2n) is 4.33. The predicted molar refractivity (Wildman–Crippen MR) is 79.5 cm³/mol. The van der Waals surface area contributed by atoms with Gasteiger partial charge in [-0.15, -0.1) is 10.2 Å². The molecule has 1 amide bonds. The fourth-order valence-electron chi connectivity index (χ4n) is 1.84. The summed E-state index contributed by atoms with van der Waals surface area (Å²) in [6, 6.07) is 5.30. The molecule has 2 heterocycles. The summed E-state index contributed by atoms with van der Waals surface area (Å²) >= 11 is 1.19. The summed E-state index contributed by atoms with van der Waals surface area (Å²) < 4.78 is 11.1. The van der Waals surface area contributed by atoms with Crippen molar-refractivity contribution in [3.63, 3.8) is 0 Å². The van der Waals surface area contributed by atoms with Crippen LogP contribution in [0.15, 0.2) is 18.2 Å². The van der Waals surface area contributed by atoms with Gasteiger partial charge in [0.25, 0.3) is 5.91 Å². The number of hydrogen-bond donors (Lipinski definition) is 2. The molecule has 21 heavy (non-hydrogen) atoms. The highest BCUT2D eigenvalue weighted by Crippen LogP contribution is 2.32. The van der Waals surface area contributed by atoms with Crippen molar-refractivity contribution in [3.8, 4) is 11.5 Å². The number of amides is 1. The van der Waals surface area contributed by atoms with Crippen molar-refractivity contribution in [3.05, 3.63) is 23.2 Å². The van der Waals surface area contributed by atoms with Crippen LogP contribution in [0.5, 0.6) is 11.5 Å². The summed E-state index contributed by atoms with van der Waals surface area (Å²) in [5, 5.41) is 14.2. The van der Waals surface area contributed by atoms with E-state index in [1.54, 1.807) is 25.2 Å². The average molecular weight is 306 g/mol. The normalized spacial score (nSPS) is 13.4. The van der Waals surface area contributed by atoms with E-state index in [1.807, 2.05) is 0 Å². The topological polar surface area (TPSA) is 85.4 Å². The molecule has 7 nitrogen and oxygen atoms in total. The molecular weight excluding hydrogens is 292 g/mol. The third kappa shape index (κ3) is 3.05. The molecule has 0 bridgehead atoms. The zero-order valence-electron chi connectivity index (χ0n) is 11.4. The van der Waals surface area contributed by atoms with Crippen LogP contribution in [-0.2, 0) is 0 Å². The number of nitrogens with zero attached hydrogens (tertiary/aromatic N) is 2. The van der Waals surface area contributed by atoms with Gasteiger partial charge in [0, 0.05) is 25.2 Å². The van der Waals surface area contributed by atoms with Gasteiger partial charge in [0.2, 0.25) is 10.1 Å². The van der Waals surface area contributed by atoms with E-state index < -0.39 is 0 Å². The Morgan fingerprint density at radius 1 is 1.24 bits per heavy atom. The van der Waals surface area contributed by atoms with Crippen molar-refractivity contribution in [2.45, 2.75) is 6.42 Å². The molecule has 1 aromatic heterocycles. The summed E-state index contributed by atoms with van der Waals surface area (Å²) in [5.74, 6) is 1.03. The van der Waals surface area contributed by atoms with Crippen LogP contribution in [-0.4, -0.2) is 36.4 Å². The zero-order chi connectivity index (χ0) is 14.7. The fraction of sp³-hybridized carbons (Fsp3) is 0.308. The van der Waals surface area contributed by atoms with Crippen LogP contribution in [0.2, 0.25) is 0 Å². The summed E-state index contributed by atoms with van der Waals surface area (Å²) in [7, 11) is 1.73. The smallest absolute Gasteiger partial charge is 0.286 e. The van der Waals surface area contributed by atoms with Crippen molar-refractivity contribution in [2.75, 3.05) is 30.9 Å². The Labute approximate surface area is 125 Å². The van der Waals surface area contributed by atoms with Crippen LogP contribution in [0.1, 0.15) is 16.2 Å². The van der Waals surface area contributed by atoms with Crippen LogP contribution in [0.4, 0.5) is 10.8 Å². The highest BCUT2D eigenvalue weighted by Gasteiger charge is 2.15. The van der Waals surface area contributed by atoms with Crippen molar-refractivity contribution in [1.29, 1.82) is 0 Å². The van der Waals surface area contributed by atoms with Crippen molar-refractivity contribution in [2.24, 2.45) is 0 Å². The number of benzene rings is 1. The molecule has 1 aromatic carbocycles. The second-order valence-corrected chi connectivity index (χ2v) is 5.31. The molecule has 0 unspecified atom stereocenters. The molecule has 1 aliphatic rings. The Hall–Kier alpha value is -2.35. The predicted octanol–water partition coefficient (Wildman–Crippen LogP) is 1.99. The number of hydrogen-bond acceptors (Lipinski definition) is 7. The fourth-order valence-corrected chi connectivity index (χ4v) is 2.43. The molecule has 0 fully saturated rings. The monoisotopic (exact) mass is 306 g/mol. The van der Waals surface area contributed by atoms with E-state index >= 15 is 0 Å². The summed E-state index contributed by atoms with van der Waals surface area (Å²) in [5.41, 5.74) is 0.630. The molecule has 0 radical (unpaired) electrons. The summed E-state index contributed by atoms with van der Waals surface area (Å²) in [6.07, 6.45) is 0.841. The molecule has 110 valence electrons. The number of nitrogens with one attached hydrogen (secondary N) is 2. The van der Waals surface area contributed by atoms with E-state index in [0.717, 1.165) is 6.42 Å². The van der Waals surface area contributed by atoms with Crippen LogP contribution in [0.3, 0.4) is 0 Å². The maximum Gasteiger partial charge on any atom is 0.286 e. The number of ether oxygens (including phenoxy) is 2. The maximum absolute atomic E-state index is 12.1. The van der Waals surface area contributed by atoms with Crippen LogP contribution in [0.25, 0.3) is 0 Å². The summed E-state index contributed by atoms with van der Waals surface area (Å²) in [6.45, 7) is 1.24. The van der Waals surface area contributed by atoms with Gasteiger partial charge in [-0.05, 0) is 12.1 Å². The number of fused-ring (bicyclic) bond motifs is 1. The number of carbonyl (C=O) groups is 1. The van der Waals surface area contributed by atoms with E-state index in [1.165, 1.54) is 11.3 Å². The maximum atomic E-state index is 12.1. The average Bonchev–Trinajstić information content (AvgIpc) is 2.86. The van der Waals surface area contributed by atoms with Crippen LogP contribution < -0.4 is 20.1 Å². The van der Waals surface area contributed by atoms with E-state index in [4.69, 9.17) is 9.47 Å². The lowest BCUT2D eigenvalue weighted by molar-refractivity contribution is 0.102. The molecule has 2 N–H and O–H groups in total. The zero-order valence-corrected chi connectivity index (χ0v) is 12.2. The Kier molecular flexibility index (Phi) is 3.87. The molecule has 2 aromatic rings. The van der Waals surface area contributed by atoms with E-state index in [2.05, 4.69) is 20.8 Å². The van der Waals surface area contributed by atoms with Gasteiger partial charge in [-0.1, -0.05) is 11.3 Å². The molecular formula is C13H14N4O3S. The first-order chi connectivity index (χ1) is 10.3. The minimum atomic E-state index is -0.302. The number of aromatic nitrogens is 2. The van der Waals surface area contributed by atoms with Gasteiger partial charge in [-0.3, -0.25) is 4.79 Å². The SMILES string of the molecule is CNc1nnc(C(=O)Nc2ccc3c(c2)OCCCO3)s1. The molecule has 0 saturated heterocycles. The molecule has 0 atom stereocenters. The van der Waals surface area contributed by atoms with Crippen molar-refractivity contribution >= 4 is 28.1 Å². The van der Waals surface area contributed by atoms with Gasteiger partial charge in [-0.2, -0.15) is 0 Å². The highest BCUT2D eigenvalue weighted by molar-refractivity contribution is 7.17. The second kappa shape index (κ2) is 5.96. The number of carbonyl (C=O) groups excluding carboxylic acids is 1. The molecule has 3 rings (SSSR count). The van der Waals surface area contributed by atoms with E-state index in [-0.39, 0.29) is 5.91 Å². The van der Waals surface area contributed by atoms with Gasteiger partial charge < -0.3 is 20.1 Å².